The molecule has 5 nitrogen and oxygen atoms in total. The third-order valence-corrected chi connectivity index (χ3v) is 4.85. The van der Waals surface area contributed by atoms with Crippen LogP contribution in [0.25, 0.3) is 0 Å². The molecule has 0 amide bonds. The number of halogens is 1. The molecule has 0 aliphatic carbocycles. The van der Waals surface area contributed by atoms with Crippen molar-refractivity contribution in [3.63, 3.8) is 0 Å². The summed E-state index contributed by atoms with van der Waals surface area (Å²) < 4.78 is 0. The molecule has 1 aliphatic rings. The van der Waals surface area contributed by atoms with Crippen LogP contribution in [0, 0.1) is 0 Å². The van der Waals surface area contributed by atoms with E-state index >= 15 is 0 Å². The molecule has 1 fully saturated rings. The molecule has 6 heteroatoms. The van der Waals surface area contributed by atoms with E-state index in [0.717, 1.165) is 38.6 Å². The Morgan fingerprint density at radius 2 is 1.88 bits per heavy atom. The molecule has 2 N–H and O–H groups in total. The first-order valence-corrected chi connectivity index (χ1v) is 9.43. The second-order valence-electron chi connectivity index (χ2n) is 7.08. The van der Waals surface area contributed by atoms with Gasteiger partial charge in [-0.3, -0.25) is 14.8 Å². The Morgan fingerprint density at radius 1 is 1.21 bits per heavy atom. The van der Waals surface area contributed by atoms with E-state index in [-0.39, 0.29) is 24.0 Å². The van der Waals surface area contributed by atoms with Gasteiger partial charge in [-0.15, -0.1) is 24.0 Å². The van der Waals surface area contributed by atoms with Gasteiger partial charge in [-0.25, -0.2) is 0 Å². The van der Waals surface area contributed by atoms with Gasteiger partial charge in [-0.1, -0.05) is 6.92 Å². The molecule has 0 spiro atoms. The standard InChI is InChI=1S/C18H39N5.HI/c1-7-22-12-8-10-17(22)14-21-18(19-6)20-11-9-13-23(15(2)3)16(4)5;/h15-17H,7-14H2,1-6H3,(H2,19,20,21);1H. The molecule has 0 aromatic carbocycles. The van der Waals surface area contributed by atoms with Crippen LogP contribution >= 0.6 is 24.0 Å². The highest BCUT2D eigenvalue weighted by Gasteiger charge is 2.22. The molecule has 0 radical (unpaired) electrons. The van der Waals surface area contributed by atoms with Gasteiger partial charge in [0.2, 0.25) is 0 Å². The fourth-order valence-corrected chi connectivity index (χ4v) is 3.56. The van der Waals surface area contributed by atoms with Crippen LogP contribution in [0.15, 0.2) is 4.99 Å². The van der Waals surface area contributed by atoms with Gasteiger partial charge < -0.3 is 10.6 Å². The summed E-state index contributed by atoms with van der Waals surface area (Å²) in [5.41, 5.74) is 0. The normalized spacial score (nSPS) is 19.2. The number of likely N-dealkylation sites (tertiary alicyclic amines) is 1. The minimum absolute atomic E-state index is 0. The van der Waals surface area contributed by atoms with Crippen molar-refractivity contribution < 1.29 is 0 Å². The molecule has 1 unspecified atom stereocenters. The molecule has 1 saturated heterocycles. The molecule has 1 aliphatic heterocycles. The average molecular weight is 453 g/mol. The SMILES string of the molecule is CCN1CCCC1CNC(=NC)NCCCN(C(C)C)C(C)C.I. The minimum Gasteiger partial charge on any atom is -0.356 e. The van der Waals surface area contributed by atoms with Crippen LogP contribution in [0.3, 0.4) is 0 Å². The maximum absolute atomic E-state index is 4.35. The Kier molecular flexibility index (Phi) is 13.1. The second kappa shape index (κ2) is 13.2. The molecule has 24 heavy (non-hydrogen) atoms. The molecular weight excluding hydrogens is 413 g/mol. The van der Waals surface area contributed by atoms with Crippen molar-refractivity contribution in [2.24, 2.45) is 4.99 Å². The van der Waals surface area contributed by atoms with Crippen molar-refractivity contribution in [3.05, 3.63) is 0 Å². The van der Waals surface area contributed by atoms with E-state index in [4.69, 9.17) is 0 Å². The van der Waals surface area contributed by atoms with Gasteiger partial charge in [0.25, 0.3) is 0 Å². The number of rotatable bonds is 9. The summed E-state index contributed by atoms with van der Waals surface area (Å²) in [5.74, 6) is 0.939. The lowest BCUT2D eigenvalue weighted by atomic mass is 10.2. The third-order valence-electron chi connectivity index (χ3n) is 4.85. The van der Waals surface area contributed by atoms with E-state index in [0.29, 0.717) is 18.1 Å². The zero-order chi connectivity index (χ0) is 17.2. The lowest BCUT2D eigenvalue weighted by Gasteiger charge is -2.30. The molecule has 0 aromatic rings. The Bertz CT molecular complexity index is 338. The van der Waals surface area contributed by atoms with Gasteiger partial charge in [-0.05, 0) is 60.0 Å². The Morgan fingerprint density at radius 3 is 2.42 bits per heavy atom. The summed E-state index contributed by atoms with van der Waals surface area (Å²) in [4.78, 5) is 9.45. The van der Waals surface area contributed by atoms with E-state index < -0.39 is 0 Å². The summed E-state index contributed by atoms with van der Waals surface area (Å²) in [6.07, 6.45) is 3.77. The predicted molar refractivity (Wildman–Crippen MR) is 117 cm³/mol. The zero-order valence-electron chi connectivity index (χ0n) is 16.6. The van der Waals surface area contributed by atoms with Gasteiger partial charge in [0.05, 0.1) is 0 Å². The number of guanidine groups is 1. The van der Waals surface area contributed by atoms with Crippen LogP contribution in [0.4, 0.5) is 0 Å². The Hall–Kier alpha value is -0.0800. The quantitative estimate of drug-likeness (QED) is 0.244. The van der Waals surface area contributed by atoms with Gasteiger partial charge >= 0.3 is 0 Å². The van der Waals surface area contributed by atoms with Crippen LogP contribution in [0.5, 0.6) is 0 Å². The van der Waals surface area contributed by atoms with E-state index in [2.05, 4.69) is 60.0 Å². The lowest BCUT2D eigenvalue weighted by molar-refractivity contribution is 0.173. The summed E-state index contributed by atoms with van der Waals surface area (Å²) in [7, 11) is 1.86. The van der Waals surface area contributed by atoms with Crippen molar-refractivity contribution in [2.75, 3.05) is 39.8 Å². The Balaban J connectivity index is 0.00000529. The highest BCUT2D eigenvalue weighted by Crippen LogP contribution is 2.15. The topological polar surface area (TPSA) is 42.9 Å². The van der Waals surface area contributed by atoms with E-state index in [1.807, 2.05) is 7.05 Å². The Labute approximate surface area is 167 Å². The molecule has 0 saturated carbocycles. The summed E-state index contributed by atoms with van der Waals surface area (Å²) in [5, 5.41) is 6.95. The fraction of sp³-hybridized carbons (Fsp3) is 0.944. The largest absolute Gasteiger partial charge is 0.356 e. The number of nitrogens with zero attached hydrogens (tertiary/aromatic N) is 3. The number of nitrogens with one attached hydrogen (secondary N) is 2. The zero-order valence-corrected chi connectivity index (χ0v) is 19.0. The molecule has 144 valence electrons. The maximum Gasteiger partial charge on any atom is 0.191 e. The molecule has 0 aromatic heterocycles. The third kappa shape index (κ3) is 8.34. The predicted octanol–water partition coefficient (Wildman–Crippen LogP) is 2.76. The summed E-state index contributed by atoms with van der Waals surface area (Å²) in [6, 6.07) is 1.88. The molecule has 1 rings (SSSR count). The van der Waals surface area contributed by atoms with Gasteiger partial charge in [0, 0.05) is 44.8 Å². The second-order valence-corrected chi connectivity index (χ2v) is 7.08. The van der Waals surface area contributed by atoms with Crippen molar-refractivity contribution >= 4 is 29.9 Å². The first kappa shape index (κ1) is 23.9. The number of hydrogen-bond acceptors (Lipinski definition) is 3. The first-order valence-electron chi connectivity index (χ1n) is 9.43. The van der Waals surface area contributed by atoms with E-state index in [1.165, 1.54) is 19.4 Å². The van der Waals surface area contributed by atoms with Gasteiger partial charge in [0.1, 0.15) is 0 Å². The van der Waals surface area contributed by atoms with Crippen molar-refractivity contribution in [1.82, 2.24) is 20.4 Å². The summed E-state index contributed by atoms with van der Waals surface area (Å²) in [6.45, 7) is 16.8. The lowest BCUT2D eigenvalue weighted by Crippen LogP contribution is -2.45. The van der Waals surface area contributed by atoms with Crippen molar-refractivity contribution in [2.45, 2.75) is 72.0 Å². The van der Waals surface area contributed by atoms with Crippen LogP contribution in [0.2, 0.25) is 0 Å². The van der Waals surface area contributed by atoms with Crippen molar-refractivity contribution in [3.8, 4) is 0 Å². The monoisotopic (exact) mass is 453 g/mol. The fourth-order valence-electron chi connectivity index (χ4n) is 3.56. The van der Waals surface area contributed by atoms with Gasteiger partial charge in [0.15, 0.2) is 5.96 Å². The smallest absolute Gasteiger partial charge is 0.191 e. The van der Waals surface area contributed by atoms with Crippen LogP contribution in [-0.4, -0.2) is 73.7 Å². The molecular formula is C18H40IN5. The number of hydrogen-bond donors (Lipinski definition) is 2. The first-order chi connectivity index (χ1) is 11.0. The average Bonchev–Trinajstić information content (AvgIpc) is 2.96. The van der Waals surface area contributed by atoms with E-state index in [9.17, 15) is 0 Å². The minimum atomic E-state index is 0. The van der Waals surface area contributed by atoms with E-state index in [1.54, 1.807) is 0 Å². The molecule has 1 atom stereocenters. The number of aliphatic imine (C=N–C) groups is 1. The van der Waals surface area contributed by atoms with Gasteiger partial charge in [-0.2, -0.15) is 0 Å². The maximum atomic E-state index is 4.35. The van der Waals surface area contributed by atoms with Crippen LogP contribution in [-0.2, 0) is 0 Å². The highest BCUT2D eigenvalue weighted by atomic mass is 127. The van der Waals surface area contributed by atoms with Crippen LogP contribution < -0.4 is 10.6 Å². The number of likely N-dealkylation sites (N-methyl/N-ethyl adjacent to an activating group) is 1. The molecule has 1 heterocycles. The van der Waals surface area contributed by atoms with Crippen LogP contribution in [0.1, 0.15) is 53.9 Å². The van der Waals surface area contributed by atoms with Crippen molar-refractivity contribution in [1.29, 1.82) is 0 Å². The molecule has 0 bridgehead atoms. The highest BCUT2D eigenvalue weighted by molar-refractivity contribution is 14.0. The summed E-state index contributed by atoms with van der Waals surface area (Å²) >= 11 is 0.